The van der Waals surface area contributed by atoms with Gasteiger partial charge in [-0.2, -0.15) is 0 Å². The van der Waals surface area contributed by atoms with Crippen LogP contribution in [0.1, 0.15) is 33.3 Å². The van der Waals surface area contributed by atoms with Crippen molar-refractivity contribution in [2.75, 3.05) is 17.7 Å². The maximum Gasteiger partial charge on any atom is 0.0637 e. The average molecular weight is 218 g/mol. The van der Waals surface area contributed by atoms with E-state index in [0.29, 0.717) is 0 Å². The van der Waals surface area contributed by atoms with Gasteiger partial charge in [0.25, 0.3) is 0 Å². The molecule has 0 saturated heterocycles. The minimum Gasteiger partial charge on any atom is -0.397 e. The van der Waals surface area contributed by atoms with E-state index in [2.05, 4.69) is 39.0 Å². The average Bonchev–Trinajstić information content (AvgIpc) is 2.16. The Kier molecular flexibility index (Phi) is 3.63. The van der Waals surface area contributed by atoms with Gasteiger partial charge in [-0.25, -0.2) is 0 Å². The van der Waals surface area contributed by atoms with Crippen LogP contribution >= 0.6 is 0 Å². The lowest BCUT2D eigenvalue weighted by Crippen LogP contribution is -2.14. The normalized spacial score (nSPS) is 12.1. The van der Waals surface area contributed by atoms with Gasteiger partial charge < -0.3 is 10.6 Å². The van der Waals surface area contributed by atoms with E-state index in [-0.39, 0.29) is 5.41 Å². The first-order valence-corrected chi connectivity index (χ1v) is 5.62. The van der Waals surface area contributed by atoms with Crippen molar-refractivity contribution in [3.8, 4) is 0 Å². The van der Waals surface area contributed by atoms with Gasteiger partial charge in [-0.05, 0) is 36.2 Å². The highest BCUT2D eigenvalue weighted by Gasteiger charge is 2.15. The summed E-state index contributed by atoms with van der Waals surface area (Å²) in [6, 6.07) is 6.29. The second-order valence-electron chi connectivity index (χ2n) is 5.12. The zero-order valence-electron chi connectivity index (χ0n) is 10.9. The topological polar surface area (TPSA) is 29.3 Å². The predicted molar refractivity (Wildman–Crippen MR) is 72.8 cm³/mol. The first kappa shape index (κ1) is 12.6. The number of nitrogen functional groups attached to an aromatic ring is 1. The summed E-state index contributed by atoms with van der Waals surface area (Å²) in [5.74, 6) is 0. The number of allylic oxidation sites excluding steroid dienone is 1. The fourth-order valence-corrected chi connectivity index (χ4v) is 1.65. The van der Waals surface area contributed by atoms with Gasteiger partial charge in [-0.1, -0.05) is 32.9 Å². The summed E-state index contributed by atoms with van der Waals surface area (Å²) in [6.45, 7) is 8.57. The zero-order valence-corrected chi connectivity index (χ0v) is 10.9. The molecule has 0 aliphatic carbocycles. The van der Waals surface area contributed by atoms with Crippen molar-refractivity contribution in [2.24, 2.45) is 0 Å². The molecule has 2 nitrogen and oxygen atoms in total. The molecule has 0 spiro atoms. The van der Waals surface area contributed by atoms with Crippen LogP contribution in [-0.2, 0) is 5.41 Å². The summed E-state index contributed by atoms with van der Waals surface area (Å²) in [5, 5.41) is 0. The van der Waals surface area contributed by atoms with Gasteiger partial charge in [0.15, 0.2) is 0 Å². The van der Waals surface area contributed by atoms with E-state index in [1.54, 1.807) is 0 Å². The molecule has 0 aliphatic rings. The lowest BCUT2D eigenvalue weighted by Gasteiger charge is -2.22. The molecule has 0 aliphatic heterocycles. The number of hydrogen-bond donors (Lipinski definition) is 1. The van der Waals surface area contributed by atoms with Crippen LogP contribution in [-0.4, -0.2) is 7.05 Å². The highest BCUT2D eigenvalue weighted by atomic mass is 15.1. The Morgan fingerprint density at radius 2 is 1.88 bits per heavy atom. The van der Waals surface area contributed by atoms with E-state index in [1.807, 2.05) is 31.1 Å². The quantitative estimate of drug-likeness (QED) is 0.769. The Morgan fingerprint density at radius 3 is 2.31 bits per heavy atom. The Morgan fingerprint density at radius 1 is 1.25 bits per heavy atom. The van der Waals surface area contributed by atoms with E-state index in [0.717, 1.165) is 11.4 Å². The summed E-state index contributed by atoms with van der Waals surface area (Å²) >= 11 is 0. The summed E-state index contributed by atoms with van der Waals surface area (Å²) < 4.78 is 0. The molecule has 0 bridgehead atoms. The fraction of sp³-hybridized carbons (Fsp3) is 0.429. The maximum atomic E-state index is 6.07. The van der Waals surface area contributed by atoms with E-state index < -0.39 is 0 Å². The molecular formula is C14H22N2. The second kappa shape index (κ2) is 4.60. The summed E-state index contributed by atoms with van der Waals surface area (Å²) in [5.41, 5.74) is 9.36. The third-order valence-corrected chi connectivity index (χ3v) is 2.65. The number of benzene rings is 1. The van der Waals surface area contributed by atoms with E-state index in [1.165, 1.54) is 5.56 Å². The van der Waals surface area contributed by atoms with Crippen molar-refractivity contribution < 1.29 is 0 Å². The summed E-state index contributed by atoms with van der Waals surface area (Å²) in [4.78, 5) is 2.03. The van der Waals surface area contributed by atoms with Crippen LogP contribution < -0.4 is 10.6 Å². The Hall–Kier alpha value is -1.44. The number of rotatable bonds is 2. The molecule has 0 saturated carbocycles. The van der Waals surface area contributed by atoms with Gasteiger partial charge in [0.1, 0.15) is 0 Å². The van der Waals surface area contributed by atoms with Gasteiger partial charge in [0, 0.05) is 7.05 Å². The van der Waals surface area contributed by atoms with Crippen LogP contribution in [0.15, 0.2) is 30.5 Å². The smallest absolute Gasteiger partial charge is 0.0637 e. The van der Waals surface area contributed by atoms with Crippen LogP contribution in [0.4, 0.5) is 11.4 Å². The molecule has 2 N–H and O–H groups in total. The van der Waals surface area contributed by atoms with E-state index in [9.17, 15) is 0 Å². The molecule has 1 aromatic carbocycles. The SMILES string of the molecule is C/C=C\N(C)c1ccc(C(C)(C)C)cc1N. The van der Waals surface area contributed by atoms with Crippen LogP contribution in [0, 0.1) is 0 Å². The van der Waals surface area contributed by atoms with Crippen molar-refractivity contribution in [1.82, 2.24) is 0 Å². The van der Waals surface area contributed by atoms with Gasteiger partial charge in [0.2, 0.25) is 0 Å². The summed E-state index contributed by atoms with van der Waals surface area (Å²) in [6.07, 6.45) is 4.00. The van der Waals surface area contributed by atoms with Gasteiger partial charge >= 0.3 is 0 Å². The molecule has 0 fully saturated rings. The lowest BCUT2D eigenvalue weighted by molar-refractivity contribution is 0.590. The molecule has 0 atom stereocenters. The van der Waals surface area contributed by atoms with Gasteiger partial charge in [-0.15, -0.1) is 0 Å². The minimum absolute atomic E-state index is 0.145. The van der Waals surface area contributed by atoms with Crippen molar-refractivity contribution in [1.29, 1.82) is 0 Å². The highest BCUT2D eigenvalue weighted by molar-refractivity contribution is 5.69. The van der Waals surface area contributed by atoms with Crippen LogP contribution in [0.25, 0.3) is 0 Å². The molecule has 0 aromatic heterocycles. The predicted octanol–water partition coefficient (Wildman–Crippen LogP) is 3.54. The van der Waals surface area contributed by atoms with Crippen LogP contribution in [0.5, 0.6) is 0 Å². The van der Waals surface area contributed by atoms with Crippen molar-refractivity contribution >= 4 is 11.4 Å². The number of anilines is 2. The Labute approximate surface area is 98.8 Å². The third-order valence-electron chi connectivity index (χ3n) is 2.65. The standard InChI is InChI=1S/C14H22N2/c1-6-9-16(5)13-8-7-11(10-12(13)15)14(2,3)4/h6-10H,15H2,1-5H3/b9-6-. The van der Waals surface area contributed by atoms with Crippen LogP contribution in [0.3, 0.4) is 0 Å². The molecular weight excluding hydrogens is 196 g/mol. The van der Waals surface area contributed by atoms with Crippen molar-refractivity contribution in [2.45, 2.75) is 33.1 Å². The molecule has 0 amide bonds. The largest absolute Gasteiger partial charge is 0.397 e. The number of nitrogens with zero attached hydrogens (tertiary/aromatic N) is 1. The van der Waals surface area contributed by atoms with Crippen LogP contribution in [0.2, 0.25) is 0 Å². The van der Waals surface area contributed by atoms with E-state index >= 15 is 0 Å². The zero-order chi connectivity index (χ0) is 12.3. The molecule has 0 heterocycles. The van der Waals surface area contributed by atoms with E-state index in [4.69, 9.17) is 5.73 Å². The molecule has 1 aromatic rings. The second-order valence-corrected chi connectivity index (χ2v) is 5.12. The highest BCUT2D eigenvalue weighted by Crippen LogP contribution is 2.29. The summed E-state index contributed by atoms with van der Waals surface area (Å²) in [7, 11) is 2.00. The molecule has 88 valence electrons. The van der Waals surface area contributed by atoms with Gasteiger partial charge in [-0.3, -0.25) is 0 Å². The Balaban J connectivity index is 3.10. The van der Waals surface area contributed by atoms with Crippen molar-refractivity contribution in [3.05, 3.63) is 36.0 Å². The molecule has 1 rings (SSSR count). The molecule has 0 unspecified atom stereocenters. The van der Waals surface area contributed by atoms with Crippen molar-refractivity contribution in [3.63, 3.8) is 0 Å². The Bertz CT molecular complexity index is 386. The molecule has 0 radical (unpaired) electrons. The van der Waals surface area contributed by atoms with Gasteiger partial charge in [0.05, 0.1) is 11.4 Å². The monoisotopic (exact) mass is 218 g/mol. The lowest BCUT2D eigenvalue weighted by atomic mass is 9.86. The minimum atomic E-state index is 0.145. The maximum absolute atomic E-state index is 6.07. The molecule has 2 heteroatoms. The third kappa shape index (κ3) is 2.78. The number of nitrogens with two attached hydrogens (primary N) is 1. The first-order chi connectivity index (χ1) is 7.36. The fourth-order valence-electron chi connectivity index (χ4n) is 1.65. The molecule has 16 heavy (non-hydrogen) atoms. The number of hydrogen-bond acceptors (Lipinski definition) is 2. The first-order valence-electron chi connectivity index (χ1n) is 5.62.